The van der Waals surface area contributed by atoms with Crippen LogP contribution in [0.2, 0.25) is 0 Å². The predicted octanol–water partition coefficient (Wildman–Crippen LogP) is 4.24. The van der Waals surface area contributed by atoms with E-state index in [1.165, 1.54) is 0 Å². The first kappa shape index (κ1) is 13.8. The Hall–Kier alpha value is -2.20. The number of halogens is 1. The van der Waals surface area contributed by atoms with E-state index in [2.05, 4.69) is 20.9 Å². The van der Waals surface area contributed by atoms with E-state index < -0.39 is 0 Å². The fraction of sp³-hybridized carbons (Fsp3) is 0.0588. The van der Waals surface area contributed by atoms with Gasteiger partial charge in [-0.3, -0.25) is 9.78 Å². The molecule has 1 aromatic heterocycles. The molecule has 1 heterocycles. The van der Waals surface area contributed by atoms with Crippen LogP contribution < -0.4 is 4.74 Å². The fourth-order valence-electron chi connectivity index (χ4n) is 2.17. The van der Waals surface area contributed by atoms with E-state index in [0.29, 0.717) is 16.9 Å². The summed E-state index contributed by atoms with van der Waals surface area (Å²) in [5.41, 5.74) is 2.05. The minimum Gasteiger partial charge on any atom is -0.496 e. The first-order valence-electron chi connectivity index (χ1n) is 6.42. The topological polar surface area (TPSA) is 39.2 Å². The molecular formula is C17H12BrNO2. The van der Waals surface area contributed by atoms with Crippen LogP contribution in [0, 0.1) is 0 Å². The Kier molecular flexibility index (Phi) is 3.71. The van der Waals surface area contributed by atoms with Gasteiger partial charge in [-0.1, -0.05) is 18.2 Å². The van der Waals surface area contributed by atoms with Crippen molar-refractivity contribution in [2.24, 2.45) is 0 Å². The number of benzene rings is 2. The van der Waals surface area contributed by atoms with Gasteiger partial charge in [0.1, 0.15) is 5.75 Å². The van der Waals surface area contributed by atoms with E-state index >= 15 is 0 Å². The Morgan fingerprint density at radius 2 is 1.90 bits per heavy atom. The Morgan fingerprint density at radius 3 is 2.67 bits per heavy atom. The van der Waals surface area contributed by atoms with Crippen molar-refractivity contribution in [3.63, 3.8) is 0 Å². The summed E-state index contributed by atoms with van der Waals surface area (Å²) in [5, 5.41) is 0.955. The van der Waals surface area contributed by atoms with Crippen molar-refractivity contribution in [3.8, 4) is 5.75 Å². The van der Waals surface area contributed by atoms with Crippen LogP contribution in [-0.2, 0) is 0 Å². The third-order valence-corrected chi connectivity index (χ3v) is 3.89. The number of methoxy groups -OCH3 is 1. The van der Waals surface area contributed by atoms with E-state index in [9.17, 15) is 4.79 Å². The zero-order valence-electron chi connectivity index (χ0n) is 11.3. The Balaban J connectivity index is 2.01. The molecule has 0 bridgehead atoms. The zero-order chi connectivity index (χ0) is 14.8. The van der Waals surface area contributed by atoms with E-state index in [0.717, 1.165) is 15.4 Å². The largest absolute Gasteiger partial charge is 0.496 e. The summed E-state index contributed by atoms with van der Waals surface area (Å²) in [6.45, 7) is 0. The second-order valence-electron chi connectivity index (χ2n) is 4.60. The van der Waals surface area contributed by atoms with Gasteiger partial charge in [-0.25, -0.2) is 0 Å². The van der Waals surface area contributed by atoms with Gasteiger partial charge >= 0.3 is 0 Å². The lowest BCUT2D eigenvalue weighted by atomic mass is 10.0. The third-order valence-electron chi connectivity index (χ3n) is 3.27. The average molecular weight is 342 g/mol. The fourth-order valence-corrected chi connectivity index (χ4v) is 2.71. The molecule has 0 unspecified atom stereocenters. The summed E-state index contributed by atoms with van der Waals surface area (Å²) < 4.78 is 5.93. The van der Waals surface area contributed by atoms with Crippen LogP contribution in [0.15, 0.2) is 59.2 Å². The molecule has 104 valence electrons. The standard InChI is InChI=1S/C17H12BrNO2/c1-21-16-7-6-12(9-14(16)18)17(20)13-8-11-4-2-3-5-15(11)19-10-13/h2-10H,1H3. The summed E-state index contributed by atoms with van der Waals surface area (Å²) in [7, 11) is 1.59. The van der Waals surface area contributed by atoms with Gasteiger partial charge in [0.2, 0.25) is 0 Å². The van der Waals surface area contributed by atoms with Gasteiger partial charge in [0.15, 0.2) is 5.78 Å². The number of hydrogen-bond acceptors (Lipinski definition) is 3. The molecule has 0 fully saturated rings. The van der Waals surface area contributed by atoms with Gasteiger partial charge in [-0.15, -0.1) is 0 Å². The van der Waals surface area contributed by atoms with Gasteiger partial charge < -0.3 is 4.74 Å². The van der Waals surface area contributed by atoms with Crippen molar-refractivity contribution in [2.45, 2.75) is 0 Å². The molecular weight excluding hydrogens is 330 g/mol. The molecule has 3 rings (SSSR count). The monoisotopic (exact) mass is 341 g/mol. The number of nitrogens with zero attached hydrogens (tertiary/aromatic N) is 1. The maximum absolute atomic E-state index is 12.5. The molecule has 3 nitrogen and oxygen atoms in total. The van der Waals surface area contributed by atoms with E-state index in [-0.39, 0.29) is 5.78 Å². The van der Waals surface area contributed by atoms with Crippen molar-refractivity contribution < 1.29 is 9.53 Å². The number of fused-ring (bicyclic) bond motifs is 1. The molecule has 0 saturated carbocycles. The average Bonchev–Trinajstić information content (AvgIpc) is 2.53. The molecule has 0 saturated heterocycles. The zero-order valence-corrected chi connectivity index (χ0v) is 12.9. The molecule has 0 aliphatic heterocycles. The maximum atomic E-state index is 12.5. The summed E-state index contributed by atoms with van der Waals surface area (Å²) in [6, 6.07) is 14.9. The van der Waals surface area contributed by atoms with Gasteiger partial charge in [-0.05, 0) is 46.3 Å². The number of rotatable bonds is 3. The molecule has 0 amide bonds. The SMILES string of the molecule is COc1ccc(C(=O)c2cnc3ccccc3c2)cc1Br. The molecule has 4 heteroatoms. The summed E-state index contributed by atoms with van der Waals surface area (Å²) >= 11 is 3.40. The Morgan fingerprint density at radius 1 is 1.10 bits per heavy atom. The molecule has 0 atom stereocenters. The molecule has 0 aliphatic carbocycles. The van der Waals surface area contributed by atoms with E-state index in [1.807, 2.05) is 30.3 Å². The number of carbonyl (C=O) groups excluding carboxylic acids is 1. The van der Waals surface area contributed by atoms with Crippen LogP contribution in [0.25, 0.3) is 10.9 Å². The number of ketones is 1. The van der Waals surface area contributed by atoms with Crippen LogP contribution in [0.5, 0.6) is 5.75 Å². The van der Waals surface area contributed by atoms with Gasteiger partial charge in [0, 0.05) is 22.7 Å². The van der Waals surface area contributed by atoms with Crippen LogP contribution in [0.3, 0.4) is 0 Å². The maximum Gasteiger partial charge on any atom is 0.194 e. The molecule has 0 radical (unpaired) electrons. The second-order valence-corrected chi connectivity index (χ2v) is 5.45. The molecule has 3 aromatic rings. The smallest absolute Gasteiger partial charge is 0.194 e. The van der Waals surface area contributed by atoms with E-state index in [1.54, 1.807) is 31.5 Å². The van der Waals surface area contributed by atoms with Gasteiger partial charge in [-0.2, -0.15) is 0 Å². The molecule has 0 spiro atoms. The highest BCUT2D eigenvalue weighted by molar-refractivity contribution is 9.10. The van der Waals surface area contributed by atoms with Crippen LogP contribution in [-0.4, -0.2) is 17.9 Å². The third kappa shape index (κ3) is 2.67. The summed E-state index contributed by atoms with van der Waals surface area (Å²) in [4.78, 5) is 16.9. The number of pyridine rings is 1. The normalized spacial score (nSPS) is 10.6. The number of carbonyl (C=O) groups is 1. The van der Waals surface area contributed by atoms with Crippen molar-refractivity contribution >= 4 is 32.6 Å². The Bertz CT molecular complexity index is 830. The van der Waals surface area contributed by atoms with Crippen molar-refractivity contribution in [2.75, 3.05) is 7.11 Å². The quantitative estimate of drug-likeness (QED) is 0.669. The number of ether oxygens (including phenoxy) is 1. The Labute approximate surface area is 130 Å². The lowest BCUT2D eigenvalue weighted by Crippen LogP contribution is -2.02. The van der Waals surface area contributed by atoms with Crippen molar-refractivity contribution in [1.82, 2.24) is 4.98 Å². The molecule has 2 aromatic carbocycles. The van der Waals surface area contributed by atoms with Gasteiger partial charge in [0.05, 0.1) is 17.1 Å². The highest BCUT2D eigenvalue weighted by atomic mass is 79.9. The first-order chi connectivity index (χ1) is 10.2. The summed E-state index contributed by atoms with van der Waals surface area (Å²) in [5.74, 6) is 0.639. The van der Waals surface area contributed by atoms with Crippen LogP contribution in [0.4, 0.5) is 0 Å². The number of para-hydroxylation sites is 1. The van der Waals surface area contributed by atoms with Crippen molar-refractivity contribution in [1.29, 1.82) is 0 Å². The highest BCUT2D eigenvalue weighted by Gasteiger charge is 2.12. The lowest BCUT2D eigenvalue weighted by molar-refractivity contribution is 0.103. The van der Waals surface area contributed by atoms with Crippen molar-refractivity contribution in [3.05, 3.63) is 70.3 Å². The van der Waals surface area contributed by atoms with Crippen LogP contribution in [0.1, 0.15) is 15.9 Å². The predicted molar refractivity (Wildman–Crippen MR) is 85.9 cm³/mol. The lowest BCUT2D eigenvalue weighted by Gasteiger charge is -2.06. The highest BCUT2D eigenvalue weighted by Crippen LogP contribution is 2.26. The van der Waals surface area contributed by atoms with Gasteiger partial charge in [0.25, 0.3) is 0 Å². The number of hydrogen-bond donors (Lipinski definition) is 0. The first-order valence-corrected chi connectivity index (χ1v) is 7.21. The molecule has 21 heavy (non-hydrogen) atoms. The van der Waals surface area contributed by atoms with E-state index in [4.69, 9.17) is 4.74 Å². The van der Waals surface area contributed by atoms with Crippen LogP contribution >= 0.6 is 15.9 Å². The molecule has 0 N–H and O–H groups in total. The molecule has 0 aliphatic rings. The second kappa shape index (κ2) is 5.66. The number of aromatic nitrogens is 1. The summed E-state index contributed by atoms with van der Waals surface area (Å²) in [6.07, 6.45) is 1.61. The minimum atomic E-state index is -0.0587. The minimum absolute atomic E-state index is 0.0587.